The van der Waals surface area contributed by atoms with Crippen molar-refractivity contribution in [3.63, 3.8) is 0 Å². The molecule has 0 radical (unpaired) electrons. The molecule has 0 heterocycles. The van der Waals surface area contributed by atoms with Gasteiger partial charge in [-0.25, -0.2) is 0 Å². The SMILES string of the molecule is C(=NC1CCCCC1)c1ccccc1. The number of rotatable bonds is 2. The van der Waals surface area contributed by atoms with Crippen LogP contribution in [0.2, 0.25) is 0 Å². The third-order valence-corrected chi connectivity index (χ3v) is 2.81. The van der Waals surface area contributed by atoms with Crippen molar-refractivity contribution in [3.8, 4) is 0 Å². The normalized spacial score (nSPS) is 18.9. The summed E-state index contributed by atoms with van der Waals surface area (Å²) in [5.74, 6) is 0. The highest BCUT2D eigenvalue weighted by atomic mass is 14.8. The second-order valence-electron chi connectivity index (χ2n) is 3.98. The molecular formula is C13H17N. The third-order valence-electron chi connectivity index (χ3n) is 2.81. The third kappa shape index (κ3) is 2.69. The van der Waals surface area contributed by atoms with E-state index in [1.807, 2.05) is 12.3 Å². The van der Waals surface area contributed by atoms with Crippen LogP contribution in [0, 0.1) is 0 Å². The Balaban J connectivity index is 1.93. The fraction of sp³-hybridized carbons (Fsp3) is 0.462. The monoisotopic (exact) mass is 187 g/mol. The second kappa shape index (κ2) is 4.94. The molecule has 74 valence electrons. The van der Waals surface area contributed by atoms with Gasteiger partial charge in [-0.1, -0.05) is 49.6 Å². The van der Waals surface area contributed by atoms with E-state index in [2.05, 4.69) is 29.3 Å². The summed E-state index contributed by atoms with van der Waals surface area (Å²) in [6.45, 7) is 0. The first-order valence-corrected chi connectivity index (χ1v) is 5.53. The topological polar surface area (TPSA) is 12.4 Å². The lowest BCUT2D eigenvalue weighted by atomic mass is 9.96. The molecule has 2 rings (SSSR count). The Morgan fingerprint density at radius 3 is 2.43 bits per heavy atom. The smallest absolute Gasteiger partial charge is 0.0499 e. The van der Waals surface area contributed by atoms with Crippen molar-refractivity contribution >= 4 is 6.21 Å². The molecule has 1 nitrogen and oxygen atoms in total. The fourth-order valence-corrected chi connectivity index (χ4v) is 1.96. The maximum Gasteiger partial charge on any atom is 0.0499 e. The van der Waals surface area contributed by atoms with E-state index in [1.54, 1.807) is 0 Å². The van der Waals surface area contributed by atoms with E-state index in [0.717, 1.165) is 0 Å². The molecule has 0 bridgehead atoms. The highest BCUT2D eigenvalue weighted by Gasteiger charge is 2.10. The molecule has 0 saturated heterocycles. The van der Waals surface area contributed by atoms with Crippen molar-refractivity contribution in [1.82, 2.24) is 0 Å². The lowest BCUT2D eigenvalue weighted by molar-refractivity contribution is 0.444. The molecule has 0 atom stereocenters. The van der Waals surface area contributed by atoms with Gasteiger partial charge in [0.05, 0.1) is 0 Å². The van der Waals surface area contributed by atoms with Crippen LogP contribution >= 0.6 is 0 Å². The maximum absolute atomic E-state index is 4.63. The lowest BCUT2D eigenvalue weighted by Gasteiger charge is -2.16. The van der Waals surface area contributed by atoms with E-state index in [1.165, 1.54) is 37.7 Å². The zero-order chi connectivity index (χ0) is 9.64. The summed E-state index contributed by atoms with van der Waals surface area (Å²) < 4.78 is 0. The summed E-state index contributed by atoms with van der Waals surface area (Å²) in [5.41, 5.74) is 1.22. The number of hydrogen-bond donors (Lipinski definition) is 0. The van der Waals surface area contributed by atoms with Gasteiger partial charge in [0, 0.05) is 12.3 Å². The summed E-state index contributed by atoms with van der Waals surface area (Å²) in [7, 11) is 0. The highest BCUT2D eigenvalue weighted by Crippen LogP contribution is 2.19. The van der Waals surface area contributed by atoms with E-state index >= 15 is 0 Å². The number of nitrogens with zero attached hydrogens (tertiary/aromatic N) is 1. The molecule has 1 aromatic carbocycles. The summed E-state index contributed by atoms with van der Waals surface area (Å²) in [6, 6.07) is 10.9. The van der Waals surface area contributed by atoms with Crippen LogP contribution in [-0.4, -0.2) is 12.3 Å². The number of hydrogen-bond acceptors (Lipinski definition) is 1. The summed E-state index contributed by atoms with van der Waals surface area (Å²) in [4.78, 5) is 4.63. The predicted octanol–water partition coefficient (Wildman–Crippen LogP) is 3.44. The molecular weight excluding hydrogens is 170 g/mol. The van der Waals surface area contributed by atoms with Crippen LogP contribution in [0.25, 0.3) is 0 Å². The molecule has 0 aromatic heterocycles. The summed E-state index contributed by atoms with van der Waals surface area (Å²) in [6.07, 6.45) is 8.70. The van der Waals surface area contributed by atoms with Gasteiger partial charge in [0.1, 0.15) is 0 Å². The Morgan fingerprint density at radius 2 is 1.71 bits per heavy atom. The second-order valence-corrected chi connectivity index (χ2v) is 3.98. The molecule has 0 amide bonds. The minimum atomic E-state index is 0.587. The molecule has 14 heavy (non-hydrogen) atoms. The van der Waals surface area contributed by atoms with Gasteiger partial charge < -0.3 is 0 Å². The molecule has 1 aliphatic rings. The Bertz CT molecular complexity index is 283. The quantitative estimate of drug-likeness (QED) is 0.629. The van der Waals surface area contributed by atoms with Crippen LogP contribution in [0.1, 0.15) is 37.7 Å². The molecule has 1 fully saturated rings. The molecule has 1 aliphatic carbocycles. The summed E-state index contributed by atoms with van der Waals surface area (Å²) in [5, 5.41) is 0. The highest BCUT2D eigenvalue weighted by molar-refractivity contribution is 5.79. The van der Waals surface area contributed by atoms with Crippen LogP contribution in [-0.2, 0) is 0 Å². The van der Waals surface area contributed by atoms with Gasteiger partial charge in [-0.15, -0.1) is 0 Å². The molecule has 1 aromatic rings. The molecule has 0 spiro atoms. The average Bonchev–Trinajstić information content (AvgIpc) is 2.29. The maximum atomic E-state index is 4.63. The first-order chi connectivity index (χ1) is 6.95. The van der Waals surface area contributed by atoms with Crippen LogP contribution < -0.4 is 0 Å². The Hall–Kier alpha value is -1.11. The molecule has 0 aliphatic heterocycles. The number of aliphatic imine (C=N–C) groups is 1. The van der Waals surface area contributed by atoms with Gasteiger partial charge in [-0.05, 0) is 18.4 Å². The van der Waals surface area contributed by atoms with E-state index in [0.29, 0.717) is 6.04 Å². The van der Waals surface area contributed by atoms with Gasteiger partial charge in [-0.2, -0.15) is 0 Å². The van der Waals surface area contributed by atoms with Crippen molar-refractivity contribution in [3.05, 3.63) is 35.9 Å². The van der Waals surface area contributed by atoms with Crippen molar-refractivity contribution in [2.24, 2.45) is 4.99 Å². The fourth-order valence-electron chi connectivity index (χ4n) is 1.96. The van der Waals surface area contributed by atoms with E-state index < -0.39 is 0 Å². The standard InChI is InChI=1S/C13H17N/c1-3-7-12(8-4-1)11-14-13-9-5-2-6-10-13/h1,3-4,7-8,11,13H,2,5-6,9-10H2. The van der Waals surface area contributed by atoms with Gasteiger partial charge in [0.15, 0.2) is 0 Å². The Labute approximate surface area is 85.9 Å². The lowest BCUT2D eigenvalue weighted by Crippen LogP contribution is -2.09. The largest absolute Gasteiger partial charge is 0.289 e. The molecule has 1 heteroatoms. The minimum Gasteiger partial charge on any atom is -0.289 e. The van der Waals surface area contributed by atoms with Gasteiger partial charge in [0.2, 0.25) is 0 Å². The first kappa shape index (κ1) is 9.45. The van der Waals surface area contributed by atoms with Crippen molar-refractivity contribution < 1.29 is 0 Å². The van der Waals surface area contributed by atoms with E-state index in [4.69, 9.17) is 0 Å². The van der Waals surface area contributed by atoms with Crippen molar-refractivity contribution in [2.75, 3.05) is 0 Å². The Kier molecular flexibility index (Phi) is 3.33. The summed E-state index contributed by atoms with van der Waals surface area (Å²) >= 11 is 0. The first-order valence-electron chi connectivity index (χ1n) is 5.53. The van der Waals surface area contributed by atoms with E-state index in [-0.39, 0.29) is 0 Å². The van der Waals surface area contributed by atoms with E-state index in [9.17, 15) is 0 Å². The van der Waals surface area contributed by atoms with Gasteiger partial charge in [-0.3, -0.25) is 4.99 Å². The zero-order valence-electron chi connectivity index (χ0n) is 8.52. The van der Waals surface area contributed by atoms with Gasteiger partial charge >= 0.3 is 0 Å². The zero-order valence-corrected chi connectivity index (χ0v) is 8.52. The average molecular weight is 187 g/mol. The molecule has 1 saturated carbocycles. The van der Waals surface area contributed by atoms with Crippen molar-refractivity contribution in [2.45, 2.75) is 38.1 Å². The minimum absolute atomic E-state index is 0.587. The van der Waals surface area contributed by atoms with Crippen LogP contribution in [0.15, 0.2) is 35.3 Å². The van der Waals surface area contributed by atoms with Crippen LogP contribution in [0.5, 0.6) is 0 Å². The predicted molar refractivity (Wildman–Crippen MR) is 60.9 cm³/mol. The van der Waals surface area contributed by atoms with Crippen LogP contribution in [0.3, 0.4) is 0 Å². The number of benzene rings is 1. The van der Waals surface area contributed by atoms with Crippen molar-refractivity contribution in [1.29, 1.82) is 0 Å². The Morgan fingerprint density at radius 1 is 1.00 bits per heavy atom. The van der Waals surface area contributed by atoms with Crippen LogP contribution in [0.4, 0.5) is 0 Å². The van der Waals surface area contributed by atoms with Gasteiger partial charge in [0.25, 0.3) is 0 Å². The molecule has 0 N–H and O–H groups in total. The molecule has 0 unspecified atom stereocenters.